The average molecular weight is 259 g/mol. The summed E-state index contributed by atoms with van der Waals surface area (Å²) in [6.45, 7) is 4.92. The lowest BCUT2D eigenvalue weighted by Gasteiger charge is -2.20. The number of H-pyrrole nitrogens is 1. The van der Waals surface area contributed by atoms with Crippen molar-refractivity contribution < 1.29 is 4.74 Å². The summed E-state index contributed by atoms with van der Waals surface area (Å²) in [5.74, 6) is 1.81. The van der Waals surface area contributed by atoms with Gasteiger partial charge in [-0.2, -0.15) is 0 Å². The Morgan fingerprint density at radius 3 is 2.84 bits per heavy atom. The van der Waals surface area contributed by atoms with Crippen molar-refractivity contribution >= 4 is 0 Å². The minimum atomic E-state index is 0.0590. The molecule has 0 saturated heterocycles. The number of benzene rings is 1. The summed E-state index contributed by atoms with van der Waals surface area (Å²) in [7, 11) is 1.67. The van der Waals surface area contributed by atoms with Crippen LogP contribution in [0, 0.1) is 5.41 Å². The highest BCUT2D eigenvalue weighted by Crippen LogP contribution is 2.24. The number of nitrogens with one attached hydrogen (secondary N) is 1. The molecule has 102 valence electrons. The minimum absolute atomic E-state index is 0.0590. The van der Waals surface area contributed by atoms with Crippen LogP contribution in [0.1, 0.15) is 19.7 Å². The summed E-state index contributed by atoms with van der Waals surface area (Å²) in [6.07, 6.45) is 2.70. The quantitative estimate of drug-likeness (QED) is 0.867. The van der Waals surface area contributed by atoms with E-state index in [2.05, 4.69) is 23.8 Å². The van der Waals surface area contributed by atoms with Crippen molar-refractivity contribution in [1.29, 1.82) is 0 Å². The Bertz CT molecular complexity index is 546. The van der Waals surface area contributed by atoms with Crippen molar-refractivity contribution in [1.82, 2.24) is 9.97 Å². The molecule has 1 heterocycles. The van der Waals surface area contributed by atoms with E-state index in [4.69, 9.17) is 10.5 Å². The molecule has 0 fully saturated rings. The molecule has 0 bridgehead atoms. The van der Waals surface area contributed by atoms with Crippen LogP contribution in [0.5, 0.6) is 5.75 Å². The van der Waals surface area contributed by atoms with Gasteiger partial charge in [-0.15, -0.1) is 0 Å². The number of aromatic amines is 1. The van der Waals surface area contributed by atoms with Crippen LogP contribution in [0.2, 0.25) is 0 Å². The molecule has 2 aromatic rings. The molecule has 1 aromatic heterocycles. The van der Waals surface area contributed by atoms with Crippen molar-refractivity contribution in [2.45, 2.75) is 20.3 Å². The smallest absolute Gasteiger partial charge is 0.119 e. The van der Waals surface area contributed by atoms with Crippen LogP contribution in [0.4, 0.5) is 0 Å². The zero-order chi connectivity index (χ0) is 13.9. The van der Waals surface area contributed by atoms with Gasteiger partial charge in [-0.05, 0) is 24.1 Å². The largest absolute Gasteiger partial charge is 0.497 e. The second-order valence-corrected chi connectivity index (χ2v) is 5.52. The molecule has 0 aliphatic heterocycles. The molecule has 0 amide bonds. The van der Waals surface area contributed by atoms with E-state index in [1.165, 1.54) is 0 Å². The number of methoxy groups -OCH3 is 1. The van der Waals surface area contributed by atoms with Gasteiger partial charge in [0, 0.05) is 12.0 Å². The molecule has 1 aromatic carbocycles. The summed E-state index contributed by atoms with van der Waals surface area (Å²) >= 11 is 0. The Kier molecular flexibility index (Phi) is 3.90. The maximum Gasteiger partial charge on any atom is 0.119 e. The Labute approximate surface area is 114 Å². The van der Waals surface area contributed by atoms with Gasteiger partial charge in [0.05, 0.1) is 19.0 Å². The minimum Gasteiger partial charge on any atom is -0.497 e. The fourth-order valence-electron chi connectivity index (χ4n) is 1.92. The van der Waals surface area contributed by atoms with E-state index >= 15 is 0 Å². The summed E-state index contributed by atoms with van der Waals surface area (Å²) < 4.78 is 5.23. The van der Waals surface area contributed by atoms with E-state index < -0.39 is 0 Å². The van der Waals surface area contributed by atoms with Gasteiger partial charge in [-0.3, -0.25) is 0 Å². The van der Waals surface area contributed by atoms with Crippen LogP contribution >= 0.6 is 0 Å². The summed E-state index contributed by atoms with van der Waals surface area (Å²) in [6, 6.07) is 7.93. The number of hydrogen-bond acceptors (Lipinski definition) is 3. The normalized spacial score (nSPS) is 11.6. The first-order valence-electron chi connectivity index (χ1n) is 6.42. The molecular formula is C15H21N3O. The lowest BCUT2D eigenvalue weighted by atomic mass is 9.89. The van der Waals surface area contributed by atoms with Gasteiger partial charge in [-0.25, -0.2) is 4.98 Å². The monoisotopic (exact) mass is 259 g/mol. The number of imidazole rings is 1. The van der Waals surface area contributed by atoms with Crippen LogP contribution in [-0.4, -0.2) is 23.6 Å². The molecule has 0 saturated carbocycles. The number of rotatable bonds is 5. The van der Waals surface area contributed by atoms with Crippen molar-refractivity contribution in [2.24, 2.45) is 11.1 Å². The van der Waals surface area contributed by atoms with Gasteiger partial charge in [0.25, 0.3) is 0 Å². The molecule has 3 N–H and O–H groups in total. The highest BCUT2D eigenvalue weighted by atomic mass is 16.5. The molecule has 0 atom stereocenters. The Hall–Kier alpha value is -1.81. The Balaban J connectivity index is 2.20. The Morgan fingerprint density at radius 2 is 2.16 bits per heavy atom. The number of hydrogen-bond donors (Lipinski definition) is 2. The fraction of sp³-hybridized carbons (Fsp3) is 0.400. The summed E-state index contributed by atoms with van der Waals surface area (Å²) in [4.78, 5) is 7.78. The molecule has 0 spiro atoms. The lowest BCUT2D eigenvalue weighted by molar-refractivity contribution is 0.369. The summed E-state index contributed by atoms with van der Waals surface area (Å²) in [5, 5.41) is 0. The van der Waals surface area contributed by atoms with Crippen LogP contribution in [0.15, 0.2) is 30.5 Å². The van der Waals surface area contributed by atoms with Crippen molar-refractivity contribution in [3.8, 4) is 17.0 Å². The number of aromatic nitrogens is 2. The zero-order valence-electron chi connectivity index (χ0n) is 11.7. The third-order valence-electron chi connectivity index (χ3n) is 3.21. The Morgan fingerprint density at radius 1 is 1.37 bits per heavy atom. The standard InChI is InChI=1S/C15H21N3O/c1-15(2,10-16)8-14-17-9-13(18-14)11-5-4-6-12(7-11)19-3/h4-7,9H,8,10,16H2,1-3H3,(H,17,18). The predicted octanol–water partition coefficient (Wildman–Crippen LogP) is 2.61. The van der Waals surface area contributed by atoms with E-state index in [0.717, 1.165) is 29.3 Å². The van der Waals surface area contributed by atoms with Gasteiger partial charge < -0.3 is 15.5 Å². The molecule has 4 nitrogen and oxygen atoms in total. The van der Waals surface area contributed by atoms with Crippen molar-refractivity contribution in [2.75, 3.05) is 13.7 Å². The maximum atomic E-state index is 5.75. The highest BCUT2D eigenvalue weighted by Gasteiger charge is 2.18. The van der Waals surface area contributed by atoms with E-state index in [1.54, 1.807) is 7.11 Å². The van der Waals surface area contributed by atoms with Gasteiger partial charge in [-0.1, -0.05) is 26.0 Å². The molecule has 0 radical (unpaired) electrons. The molecular weight excluding hydrogens is 238 g/mol. The third-order valence-corrected chi connectivity index (χ3v) is 3.21. The molecule has 0 aliphatic carbocycles. The average Bonchev–Trinajstić information content (AvgIpc) is 2.86. The van der Waals surface area contributed by atoms with E-state index in [1.807, 2.05) is 30.5 Å². The first kappa shape index (κ1) is 13.6. The molecule has 2 rings (SSSR count). The third kappa shape index (κ3) is 3.35. The maximum absolute atomic E-state index is 5.75. The van der Waals surface area contributed by atoms with Gasteiger partial charge in [0.2, 0.25) is 0 Å². The van der Waals surface area contributed by atoms with Gasteiger partial charge in [0.15, 0.2) is 0 Å². The second kappa shape index (κ2) is 5.45. The zero-order valence-corrected chi connectivity index (χ0v) is 11.7. The second-order valence-electron chi connectivity index (χ2n) is 5.52. The van der Waals surface area contributed by atoms with Crippen molar-refractivity contribution in [3.63, 3.8) is 0 Å². The number of nitrogens with two attached hydrogens (primary N) is 1. The highest BCUT2D eigenvalue weighted by molar-refractivity contribution is 5.60. The van der Waals surface area contributed by atoms with Crippen LogP contribution in [0.25, 0.3) is 11.3 Å². The molecule has 0 aliphatic rings. The van der Waals surface area contributed by atoms with E-state index in [0.29, 0.717) is 6.54 Å². The van der Waals surface area contributed by atoms with E-state index in [-0.39, 0.29) is 5.41 Å². The van der Waals surface area contributed by atoms with Crippen LogP contribution in [0.3, 0.4) is 0 Å². The number of nitrogens with zero attached hydrogens (tertiary/aromatic N) is 1. The van der Waals surface area contributed by atoms with Crippen LogP contribution < -0.4 is 10.5 Å². The first-order valence-corrected chi connectivity index (χ1v) is 6.42. The van der Waals surface area contributed by atoms with E-state index in [9.17, 15) is 0 Å². The van der Waals surface area contributed by atoms with Crippen LogP contribution in [-0.2, 0) is 6.42 Å². The van der Waals surface area contributed by atoms with Gasteiger partial charge in [0.1, 0.15) is 11.6 Å². The SMILES string of the molecule is COc1cccc(-c2cnc(CC(C)(C)CN)[nH]2)c1. The molecule has 4 heteroatoms. The number of ether oxygens (including phenoxy) is 1. The first-order chi connectivity index (χ1) is 9.04. The summed E-state index contributed by atoms with van der Waals surface area (Å²) in [5.41, 5.74) is 7.89. The molecule has 19 heavy (non-hydrogen) atoms. The topological polar surface area (TPSA) is 63.9 Å². The fourth-order valence-corrected chi connectivity index (χ4v) is 1.92. The lowest BCUT2D eigenvalue weighted by Crippen LogP contribution is -2.26. The van der Waals surface area contributed by atoms with Gasteiger partial charge >= 0.3 is 0 Å². The molecule has 0 unspecified atom stereocenters. The predicted molar refractivity (Wildman–Crippen MR) is 77.1 cm³/mol. The van der Waals surface area contributed by atoms with Crippen molar-refractivity contribution in [3.05, 3.63) is 36.3 Å².